The Balaban J connectivity index is 3.18. The summed E-state index contributed by atoms with van der Waals surface area (Å²) < 4.78 is 26.9. The molecule has 0 heterocycles. The summed E-state index contributed by atoms with van der Waals surface area (Å²) in [4.78, 5) is 0. The molecule has 0 fully saturated rings. The second-order valence-corrected chi connectivity index (χ2v) is 3.75. The Bertz CT molecular complexity index is 355. The predicted molar refractivity (Wildman–Crippen MR) is 54.3 cm³/mol. The lowest BCUT2D eigenvalue weighted by atomic mass is 9.95. The lowest BCUT2D eigenvalue weighted by molar-refractivity contribution is 0.113. The van der Waals surface area contributed by atoms with Crippen molar-refractivity contribution >= 4 is 0 Å². The molecule has 0 aliphatic rings. The molecular formula is C11H15F2NO. The minimum atomic E-state index is -1.20. The fraction of sp³-hybridized carbons (Fsp3) is 0.455. The third-order valence-corrected chi connectivity index (χ3v) is 2.53. The molecule has 0 aromatic heterocycles. The summed E-state index contributed by atoms with van der Waals surface area (Å²) in [5.41, 5.74) is 5.37. The molecule has 4 heteroatoms. The molecule has 1 aromatic rings. The van der Waals surface area contributed by atoms with Gasteiger partial charge in [0.05, 0.1) is 11.7 Å². The number of hydrogen-bond acceptors (Lipinski definition) is 2. The standard InChI is InChI=1S/C11H15F2NO/c1-6-3-4-8(12)9(10(6)13)11(15)7(2)5-14/h3-4,7,11,15H,5,14H2,1-2H3. The first-order valence-electron chi connectivity index (χ1n) is 4.81. The Labute approximate surface area is 87.7 Å². The van der Waals surface area contributed by atoms with Crippen molar-refractivity contribution in [3.8, 4) is 0 Å². The van der Waals surface area contributed by atoms with E-state index in [1.165, 1.54) is 13.0 Å². The number of aryl methyl sites for hydroxylation is 1. The van der Waals surface area contributed by atoms with Crippen LogP contribution in [0, 0.1) is 24.5 Å². The zero-order valence-corrected chi connectivity index (χ0v) is 8.80. The van der Waals surface area contributed by atoms with Crippen LogP contribution in [0.4, 0.5) is 8.78 Å². The summed E-state index contributed by atoms with van der Waals surface area (Å²) in [5.74, 6) is -1.80. The molecule has 2 nitrogen and oxygen atoms in total. The Morgan fingerprint density at radius 3 is 2.53 bits per heavy atom. The first-order chi connectivity index (χ1) is 6.99. The highest BCUT2D eigenvalue weighted by Crippen LogP contribution is 2.27. The first kappa shape index (κ1) is 12.1. The van der Waals surface area contributed by atoms with Gasteiger partial charge in [0.25, 0.3) is 0 Å². The Kier molecular flexibility index (Phi) is 3.77. The number of rotatable bonds is 3. The van der Waals surface area contributed by atoms with E-state index in [2.05, 4.69) is 0 Å². The van der Waals surface area contributed by atoms with Crippen molar-refractivity contribution in [2.75, 3.05) is 6.54 Å². The summed E-state index contributed by atoms with van der Waals surface area (Å²) in [7, 11) is 0. The lowest BCUT2D eigenvalue weighted by Gasteiger charge is -2.19. The minimum Gasteiger partial charge on any atom is -0.388 e. The molecule has 2 atom stereocenters. The Hall–Kier alpha value is -1.00. The maximum absolute atomic E-state index is 13.6. The fourth-order valence-corrected chi connectivity index (χ4v) is 1.36. The molecule has 0 amide bonds. The maximum Gasteiger partial charge on any atom is 0.134 e. The molecule has 1 rings (SSSR count). The number of halogens is 2. The SMILES string of the molecule is Cc1ccc(F)c(C(O)C(C)CN)c1F. The van der Waals surface area contributed by atoms with Crippen molar-refractivity contribution in [3.63, 3.8) is 0 Å². The van der Waals surface area contributed by atoms with Crippen LogP contribution in [-0.4, -0.2) is 11.7 Å². The molecule has 1 aromatic carbocycles. The van der Waals surface area contributed by atoms with Crippen LogP contribution in [-0.2, 0) is 0 Å². The number of aliphatic hydroxyl groups excluding tert-OH is 1. The zero-order valence-electron chi connectivity index (χ0n) is 8.80. The molecule has 84 valence electrons. The molecule has 0 saturated heterocycles. The van der Waals surface area contributed by atoms with Crippen molar-refractivity contribution in [1.82, 2.24) is 0 Å². The van der Waals surface area contributed by atoms with Gasteiger partial charge in [-0.3, -0.25) is 0 Å². The van der Waals surface area contributed by atoms with Gasteiger partial charge in [0, 0.05) is 0 Å². The largest absolute Gasteiger partial charge is 0.388 e. The van der Waals surface area contributed by atoms with E-state index >= 15 is 0 Å². The van der Waals surface area contributed by atoms with Crippen LogP contribution in [0.5, 0.6) is 0 Å². The molecule has 0 radical (unpaired) electrons. The van der Waals surface area contributed by atoms with E-state index in [1.54, 1.807) is 6.92 Å². The van der Waals surface area contributed by atoms with E-state index in [0.29, 0.717) is 5.56 Å². The molecule has 0 bridgehead atoms. The minimum absolute atomic E-state index is 0.175. The van der Waals surface area contributed by atoms with Crippen LogP contribution in [0.25, 0.3) is 0 Å². The topological polar surface area (TPSA) is 46.2 Å². The predicted octanol–water partition coefficient (Wildman–Crippen LogP) is 1.90. The van der Waals surface area contributed by atoms with Gasteiger partial charge >= 0.3 is 0 Å². The van der Waals surface area contributed by atoms with Crippen LogP contribution in [0.15, 0.2) is 12.1 Å². The van der Waals surface area contributed by atoms with Crippen LogP contribution in [0.1, 0.15) is 24.2 Å². The van der Waals surface area contributed by atoms with Crippen LogP contribution in [0.2, 0.25) is 0 Å². The van der Waals surface area contributed by atoms with Gasteiger partial charge in [-0.2, -0.15) is 0 Å². The smallest absolute Gasteiger partial charge is 0.134 e. The molecule has 0 aliphatic carbocycles. The fourth-order valence-electron chi connectivity index (χ4n) is 1.36. The van der Waals surface area contributed by atoms with Crippen LogP contribution < -0.4 is 5.73 Å². The second-order valence-electron chi connectivity index (χ2n) is 3.75. The van der Waals surface area contributed by atoms with Gasteiger partial charge in [-0.15, -0.1) is 0 Å². The Morgan fingerprint density at radius 1 is 1.40 bits per heavy atom. The monoisotopic (exact) mass is 215 g/mol. The molecule has 3 N–H and O–H groups in total. The molecule has 0 saturated carbocycles. The third kappa shape index (κ3) is 2.33. The van der Waals surface area contributed by atoms with Gasteiger partial charge in [-0.05, 0) is 31.0 Å². The summed E-state index contributed by atoms with van der Waals surface area (Å²) in [6.45, 7) is 3.35. The van der Waals surface area contributed by atoms with Gasteiger partial charge in [0.15, 0.2) is 0 Å². The summed E-state index contributed by atoms with van der Waals surface area (Å²) in [6, 6.07) is 2.49. The summed E-state index contributed by atoms with van der Waals surface area (Å²) in [6.07, 6.45) is -1.20. The highest BCUT2D eigenvalue weighted by Gasteiger charge is 2.23. The van der Waals surface area contributed by atoms with Crippen molar-refractivity contribution < 1.29 is 13.9 Å². The van der Waals surface area contributed by atoms with Gasteiger partial charge < -0.3 is 10.8 Å². The number of benzene rings is 1. The molecular weight excluding hydrogens is 200 g/mol. The van der Waals surface area contributed by atoms with Gasteiger partial charge in [-0.25, -0.2) is 8.78 Å². The molecule has 0 spiro atoms. The van der Waals surface area contributed by atoms with E-state index in [0.717, 1.165) is 6.07 Å². The van der Waals surface area contributed by atoms with Crippen molar-refractivity contribution in [3.05, 3.63) is 34.9 Å². The van der Waals surface area contributed by atoms with Gasteiger partial charge in [0.2, 0.25) is 0 Å². The second kappa shape index (κ2) is 4.68. The van der Waals surface area contributed by atoms with Gasteiger partial charge in [0.1, 0.15) is 11.6 Å². The van der Waals surface area contributed by atoms with E-state index in [-0.39, 0.29) is 18.0 Å². The number of aliphatic hydroxyl groups is 1. The van der Waals surface area contributed by atoms with Gasteiger partial charge in [-0.1, -0.05) is 13.0 Å². The highest BCUT2D eigenvalue weighted by molar-refractivity contribution is 5.28. The van der Waals surface area contributed by atoms with E-state index in [4.69, 9.17) is 5.73 Å². The lowest BCUT2D eigenvalue weighted by Crippen LogP contribution is -2.21. The summed E-state index contributed by atoms with van der Waals surface area (Å²) >= 11 is 0. The Morgan fingerprint density at radius 2 is 2.00 bits per heavy atom. The third-order valence-electron chi connectivity index (χ3n) is 2.53. The van der Waals surface area contributed by atoms with Crippen molar-refractivity contribution in [1.29, 1.82) is 0 Å². The average Bonchev–Trinajstić information content (AvgIpc) is 2.22. The normalized spacial score (nSPS) is 15.1. The zero-order chi connectivity index (χ0) is 11.6. The molecule has 0 aliphatic heterocycles. The number of nitrogens with two attached hydrogens (primary N) is 1. The van der Waals surface area contributed by atoms with Crippen molar-refractivity contribution in [2.45, 2.75) is 20.0 Å². The van der Waals surface area contributed by atoms with E-state index < -0.39 is 17.7 Å². The van der Waals surface area contributed by atoms with E-state index in [9.17, 15) is 13.9 Å². The number of hydrogen-bond donors (Lipinski definition) is 2. The van der Waals surface area contributed by atoms with Crippen molar-refractivity contribution in [2.24, 2.45) is 11.7 Å². The van der Waals surface area contributed by atoms with Crippen LogP contribution in [0.3, 0.4) is 0 Å². The maximum atomic E-state index is 13.6. The molecule has 15 heavy (non-hydrogen) atoms. The van der Waals surface area contributed by atoms with E-state index in [1.807, 2.05) is 0 Å². The summed E-state index contributed by atoms with van der Waals surface area (Å²) in [5, 5.41) is 9.72. The first-order valence-corrected chi connectivity index (χ1v) is 4.81. The molecule has 2 unspecified atom stereocenters. The average molecular weight is 215 g/mol. The quantitative estimate of drug-likeness (QED) is 0.809. The highest BCUT2D eigenvalue weighted by atomic mass is 19.1. The van der Waals surface area contributed by atoms with Crippen LogP contribution >= 0.6 is 0 Å².